The number of imidazole rings is 1. The van der Waals surface area contributed by atoms with Crippen molar-refractivity contribution in [2.24, 2.45) is 0 Å². The fourth-order valence-electron chi connectivity index (χ4n) is 6.64. The van der Waals surface area contributed by atoms with Crippen LogP contribution in [0.15, 0.2) is 60.8 Å². The lowest BCUT2D eigenvalue weighted by atomic mass is 9.93. The number of piperidine rings is 1. The van der Waals surface area contributed by atoms with Crippen molar-refractivity contribution in [3.63, 3.8) is 0 Å². The summed E-state index contributed by atoms with van der Waals surface area (Å²) in [7, 11) is 5.84. The van der Waals surface area contributed by atoms with E-state index in [0.717, 1.165) is 81.3 Å². The van der Waals surface area contributed by atoms with Crippen molar-refractivity contribution in [1.29, 1.82) is 0 Å². The summed E-state index contributed by atoms with van der Waals surface area (Å²) >= 11 is 0. The number of pyridine rings is 1. The lowest BCUT2D eigenvalue weighted by molar-refractivity contribution is 0.102. The predicted octanol–water partition coefficient (Wildman–Crippen LogP) is 4.96. The molecule has 2 aromatic carbocycles. The Morgan fingerprint density at radius 2 is 1.80 bits per heavy atom. The molecule has 0 unspecified atom stereocenters. The number of anilines is 2. The molecule has 1 aliphatic carbocycles. The fraction of sp³-hybridized carbons (Fsp3) is 0.457. The summed E-state index contributed by atoms with van der Waals surface area (Å²) < 4.78 is 7.72. The van der Waals surface area contributed by atoms with E-state index < -0.39 is 0 Å². The zero-order chi connectivity index (χ0) is 31.3. The molecule has 1 saturated heterocycles. The van der Waals surface area contributed by atoms with Crippen LogP contribution in [-0.4, -0.2) is 90.0 Å². The van der Waals surface area contributed by atoms with Crippen LogP contribution in [0.2, 0.25) is 0 Å². The normalized spacial score (nSPS) is 19.3. The highest BCUT2D eigenvalue weighted by Gasteiger charge is 2.27. The molecule has 0 atom stereocenters. The Morgan fingerprint density at radius 1 is 1.02 bits per heavy atom. The van der Waals surface area contributed by atoms with E-state index in [2.05, 4.69) is 62.3 Å². The third-order valence-electron chi connectivity index (χ3n) is 9.19. The van der Waals surface area contributed by atoms with Crippen molar-refractivity contribution in [2.75, 3.05) is 57.6 Å². The van der Waals surface area contributed by atoms with Crippen LogP contribution in [0.4, 0.5) is 11.6 Å². The number of methoxy groups -OCH3 is 1. The van der Waals surface area contributed by atoms with E-state index in [1.54, 1.807) is 25.4 Å². The van der Waals surface area contributed by atoms with Crippen LogP contribution < -0.4 is 20.3 Å². The smallest absolute Gasteiger partial charge is 0.258 e. The first kappa shape index (κ1) is 31.0. The Balaban J connectivity index is 1.25. The first-order chi connectivity index (χ1) is 21.9. The second-order valence-corrected chi connectivity index (χ2v) is 12.5. The lowest BCUT2D eigenvalue weighted by Gasteiger charge is -2.34. The SMILES string of the molecule is COc1ccccc1-c1cc(C(=O)Nc2nc3ccc(N4CCC(NCCN(C)C)CC4)cc3n2C2CCC(O)CC2)ccn1. The van der Waals surface area contributed by atoms with Crippen LogP contribution in [-0.2, 0) is 0 Å². The van der Waals surface area contributed by atoms with Gasteiger partial charge in [-0.25, -0.2) is 4.98 Å². The maximum atomic E-state index is 13.7. The van der Waals surface area contributed by atoms with Crippen molar-refractivity contribution in [1.82, 2.24) is 24.8 Å². The molecule has 0 spiro atoms. The molecule has 0 radical (unpaired) electrons. The number of nitrogens with zero attached hydrogens (tertiary/aromatic N) is 5. The minimum atomic E-state index is -0.275. The van der Waals surface area contributed by atoms with Gasteiger partial charge in [-0.05, 0) is 95.1 Å². The van der Waals surface area contributed by atoms with Gasteiger partial charge in [-0.3, -0.25) is 15.1 Å². The number of hydrogen-bond acceptors (Lipinski definition) is 8. The van der Waals surface area contributed by atoms with Gasteiger partial charge in [0.2, 0.25) is 5.95 Å². The second-order valence-electron chi connectivity index (χ2n) is 12.5. The molecule has 1 amide bonds. The summed E-state index contributed by atoms with van der Waals surface area (Å²) in [6.07, 6.45) is 6.72. The van der Waals surface area contributed by atoms with E-state index in [-0.39, 0.29) is 18.1 Å². The Bertz CT molecular complexity index is 1600. The monoisotopic (exact) mass is 611 g/mol. The third-order valence-corrected chi connectivity index (χ3v) is 9.19. The number of amides is 1. The molecular formula is C35H45N7O3. The molecule has 4 aromatic rings. The van der Waals surface area contributed by atoms with Gasteiger partial charge in [-0.2, -0.15) is 0 Å². The van der Waals surface area contributed by atoms with E-state index in [1.807, 2.05) is 24.3 Å². The number of hydrogen-bond donors (Lipinski definition) is 3. The van der Waals surface area contributed by atoms with Gasteiger partial charge < -0.3 is 29.5 Å². The third kappa shape index (κ3) is 7.13. The van der Waals surface area contributed by atoms with Crippen molar-refractivity contribution >= 4 is 28.6 Å². The molecule has 10 heteroatoms. The number of nitrogens with one attached hydrogen (secondary N) is 2. The summed E-state index contributed by atoms with van der Waals surface area (Å²) in [4.78, 5) is 27.8. The standard InChI is InChI=1S/C35H45N7O3/c1-40(2)21-18-36-25-15-19-41(20-16-25)27-10-13-30-32(23-27)42(26-8-11-28(43)12-9-26)35(38-30)39-34(44)24-14-17-37-31(22-24)29-6-4-5-7-33(29)45-3/h4-7,10,13-14,17,22-23,25-26,28,36,43H,8-9,11-12,15-16,18-21H2,1-3H3,(H,38,39,44). The van der Waals surface area contributed by atoms with Crippen LogP contribution in [0, 0.1) is 0 Å². The highest BCUT2D eigenvalue weighted by molar-refractivity contribution is 6.04. The quantitative estimate of drug-likeness (QED) is 0.231. The molecular weight excluding hydrogens is 566 g/mol. The zero-order valence-electron chi connectivity index (χ0n) is 26.6. The molecule has 6 rings (SSSR count). The summed E-state index contributed by atoms with van der Waals surface area (Å²) in [5, 5.41) is 17.1. The van der Waals surface area contributed by atoms with Crippen molar-refractivity contribution in [3.8, 4) is 17.0 Å². The number of benzene rings is 2. The average Bonchev–Trinajstić information content (AvgIpc) is 3.42. The highest BCUT2D eigenvalue weighted by atomic mass is 16.5. The van der Waals surface area contributed by atoms with Gasteiger partial charge in [-0.15, -0.1) is 0 Å². The van der Waals surface area contributed by atoms with E-state index in [4.69, 9.17) is 9.72 Å². The van der Waals surface area contributed by atoms with Crippen LogP contribution >= 0.6 is 0 Å². The summed E-state index contributed by atoms with van der Waals surface area (Å²) in [6.45, 7) is 4.04. The van der Waals surface area contributed by atoms with Gasteiger partial charge in [0.25, 0.3) is 5.91 Å². The fourth-order valence-corrected chi connectivity index (χ4v) is 6.64. The predicted molar refractivity (Wildman–Crippen MR) is 179 cm³/mol. The highest BCUT2D eigenvalue weighted by Crippen LogP contribution is 2.36. The van der Waals surface area contributed by atoms with Gasteiger partial charge in [0.15, 0.2) is 0 Å². The molecule has 238 valence electrons. The number of aliphatic hydroxyl groups excluding tert-OH is 1. The molecule has 2 aliphatic rings. The molecule has 1 aliphatic heterocycles. The second kappa shape index (κ2) is 14.0. The Morgan fingerprint density at radius 3 is 2.56 bits per heavy atom. The molecule has 10 nitrogen and oxygen atoms in total. The first-order valence-electron chi connectivity index (χ1n) is 16.1. The van der Waals surface area contributed by atoms with Crippen molar-refractivity contribution in [3.05, 3.63) is 66.4 Å². The largest absolute Gasteiger partial charge is 0.496 e. The number of para-hydroxylation sites is 1. The first-order valence-corrected chi connectivity index (χ1v) is 16.1. The number of aliphatic hydroxyl groups is 1. The van der Waals surface area contributed by atoms with Crippen LogP contribution in [0.1, 0.15) is 54.9 Å². The van der Waals surface area contributed by atoms with E-state index in [9.17, 15) is 9.90 Å². The van der Waals surface area contributed by atoms with Gasteiger partial charge in [-0.1, -0.05) is 12.1 Å². The average molecular weight is 612 g/mol. The minimum absolute atomic E-state index is 0.136. The number of ether oxygens (including phenoxy) is 1. The Kier molecular flexibility index (Phi) is 9.63. The van der Waals surface area contributed by atoms with Crippen LogP contribution in [0.25, 0.3) is 22.3 Å². The number of likely N-dealkylation sites (N-methyl/N-ethyl adjacent to an activating group) is 1. The van der Waals surface area contributed by atoms with Crippen molar-refractivity contribution < 1.29 is 14.6 Å². The maximum absolute atomic E-state index is 13.7. The number of fused-ring (bicyclic) bond motifs is 1. The molecule has 2 aromatic heterocycles. The van der Waals surface area contributed by atoms with Crippen molar-refractivity contribution in [2.45, 2.75) is 56.7 Å². The zero-order valence-corrected chi connectivity index (χ0v) is 26.6. The Labute approximate surface area is 265 Å². The topological polar surface area (TPSA) is 108 Å². The van der Waals surface area contributed by atoms with Crippen LogP contribution in [0.3, 0.4) is 0 Å². The number of rotatable bonds is 10. The minimum Gasteiger partial charge on any atom is -0.496 e. The summed E-state index contributed by atoms with van der Waals surface area (Å²) in [5.41, 5.74) is 5.02. The van der Waals surface area contributed by atoms with E-state index >= 15 is 0 Å². The lowest BCUT2D eigenvalue weighted by Crippen LogP contribution is -2.44. The summed E-state index contributed by atoms with van der Waals surface area (Å²) in [5.74, 6) is 0.988. The van der Waals surface area contributed by atoms with E-state index in [1.165, 1.54) is 5.69 Å². The molecule has 3 heterocycles. The summed E-state index contributed by atoms with van der Waals surface area (Å²) in [6, 6.07) is 18.3. The van der Waals surface area contributed by atoms with Gasteiger partial charge in [0.1, 0.15) is 5.75 Å². The van der Waals surface area contributed by atoms with Crippen LogP contribution in [0.5, 0.6) is 5.75 Å². The molecule has 2 fully saturated rings. The molecule has 45 heavy (non-hydrogen) atoms. The number of carbonyl (C=O) groups excluding carboxylic acids is 1. The van der Waals surface area contributed by atoms with Gasteiger partial charge in [0.05, 0.1) is 29.9 Å². The number of aromatic nitrogens is 3. The Hall–Kier alpha value is -3.99. The maximum Gasteiger partial charge on any atom is 0.258 e. The van der Waals surface area contributed by atoms with E-state index in [0.29, 0.717) is 29.0 Å². The molecule has 3 N–H and O–H groups in total. The van der Waals surface area contributed by atoms with Gasteiger partial charge >= 0.3 is 0 Å². The number of carbonyl (C=O) groups is 1. The molecule has 1 saturated carbocycles. The molecule has 0 bridgehead atoms. The van der Waals surface area contributed by atoms with Gasteiger partial charge in [0, 0.05) is 61.3 Å².